The second-order valence-electron chi connectivity index (χ2n) is 8.78. The van der Waals surface area contributed by atoms with Gasteiger partial charge in [0.05, 0.1) is 23.4 Å². The molecule has 10 heteroatoms. The van der Waals surface area contributed by atoms with Crippen LogP contribution in [0.4, 0.5) is 0 Å². The van der Waals surface area contributed by atoms with Crippen LogP contribution in [-0.4, -0.2) is 29.7 Å². The maximum absolute atomic E-state index is 13.3. The Morgan fingerprint density at radius 3 is 2.54 bits per heavy atom. The Hall–Kier alpha value is -3.86. The molecule has 0 aliphatic carbocycles. The summed E-state index contributed by atoms with van der Waals surface area (Å²) in [6, 6.07) is 25.2. The van der Waals surface area contributed by atoms with Crippen LogP contribution >= 0.6 is 45.8 Å². The number of hydrogen-bond acceptors (Lipinski definition) is 5. The first-order chi connectivity index (χ1) is 19.8. The Morgan fingerprint density at radius 1 is 0.976 bits per heavy atom. The summed E-state index contributed by atoms with van der Waals surface area (Å²) in [7, 11) is 0. The number of benzene rings is 4. The minimum atomic E-state index is -0.649. The van der Waals surface area contributed by atoms with Crippen LogP contribution in [0.2, 0.25) is 10.0 Å². The van der Waals surface area contributed by atoms with E-state index in [0.29, 0.717) is 28.6 Å². The second-order valence-corrected chi connectivity index (χ2v) is 10.9. The molecular formula is C31H22Cl2IN3O4. The molecule has 0 saturated carbocycles. The summed E-state index contributed by atoms with van der Waals surface area (Å²) in [5.74, 6) is -0.493. The topological polar surface area (TPSA) is 92.8 Å². The minimum Gasteiger partial charge on any atom is -0.490 e. The molecule has 0 bridgehead atoms. The molecule has 0 fully saturated rings. The maximum Gasteiger partial charge on any atom is 0.345 e. The van der Waals surface area contributed by atoms with Gasteiger partial charge in [-0.2, -0.15) is 5.10 Å². The number of halogens is 3. The van der Waals surface area contributed by atoms with E-state index in [9.17, 15) is 9.59 Å². The molecule has 0 unspecified atom stereocenters. The average molecular weight is 698 g/mol. The van der Waals surface area contributed by atoms with Crippen LogP contribution in [0.25, 0.3) is 22.0 Å². The number of aromatic amines is 1. The summed E-state index contributed by atoms with van der Waals surface area (Å²) in [6.07, 6.45) is 1.48. The fraction of sp³-hybridized carbons (Fsp3) is 0.0645. The van der Waals surface area contributed by atoms with Gasteiger partial charge in [-0.3, -0.25) is 4.79 Å². The third-order valence-electron chi connectivity index (χ3n) is 6.05. The van der Waals surface area contributed by atoms with Crippen molar-refractivity contribution in [2.24, 2.45) is 5.10 Å². The van der Waals surface area contributed by atoms with Crippen molar-refractivity contribution in [3.05, 3.63) is 115 Å². The Bertz CT molecular complexity index is 1790. The van der Waals surface area contributed by atoms with Gasteiger partial charge in [0, 0.05) is 25.1 Å². The highest BCUT2D eigenvalue weighted by atomic mass is 127. The molecule has 206 valence electrons. The van der Waals surface area contributed by atoms with Crippen LogP contribution in [0, 0.1) is 3.57 Å². The van der Waals surface area contributed by atoms with E-state index in [2.05, 4.69) is 38.1 Å². The van der Waals surface area contributed by atoms with Crippen molar-refractivity contribution in [2.45, 2.75) is 6.92 Å². The highest BCUT2D eigenvalue weighted by Gasteiger charge is 2.20. The molecule has 1 heterocycles. The third-order valence-corrected chi connectivity index (χ3v) is 7.27. The first-order valence-corrected chi connectivity index (χ1v) is 14.3. The fourth-order valence-electron chi connectivity index (χ4n) is 4.23. The van der Waals surface area contributed by atoms with E-state index >= 15 is 0 Å². The van der Waals surface area contributed by atoms with Gasteiger partial charge >= 0.3 is 5.97 Å². The number of rotatable bonds is 8. The molecule has 0 radical (unpaired) electrons. The van der Waals surface area contributed by atoms with Crippen molar-refractivity contribution in [1.29, 1.82) is 0 Å². The number of carbonyl (C=O) groups excluding carboxylic acids is 2. The van der Waals surface area contributed by atoms with Crippen LogP contribution in [0.15, 0.2) is 90.0 Å². The predicted molar refractivity (Wildman–Crippen MR) is 171 cm³/mol. The van der Waals surface area contributed by atoms with Crippen molar-refractivity contribution >= 4 is 74.8 Å². The molecule has 5 rings (SSSR count). The number of H-pyrrole nitrogens is 1. The standard InChI is InChI=1S/C31H22Cl2IN3O4/c1-2-40-27-14-18(8-13-26(27)41-31(39)22-11-9-20(32)15-24(22)33)17-35-37-30(38)29-28(19-6-4-3-5-7-19)23-16-21(34)10-12-25(23)36-29/h3-17,36H,2H2,1H3,(H,37,38). The monoisotopic (exact) mass is 697 g/mol. The highest BCUT2D eigenvalue weighted by molar-refractivity contribution is 14.1. The van der Waals surface area contributed by atoms with Crippen molar-refractivity contribution in [3.63, 3.8) is 0 Å². The zero-order chi connectivity index (χ0) is 28.9. The summed E-state index contributed by atoms with van der Waals surface area (Å²) in [6.45, 7) is 2.15. The molecule has 0 saturated heterocycles. The zero-order valence-corrected chi connectivity index (χ0v) is 25.3. The van der Waals surface area contributed by atoms with Crippen LogP contribution < -0.4 is 14.9 Å². The number of carbonyl (C=O) groups is 2. The molecule has 0 spiro atoms. The van der Waals surface area contributed by atoms with E-state index in [0.717, 1.165) is 25.6 Å². The Morgan fingerprint density at radius 2 is 1.78 bits per heavy atom. The molecular weight excluding hydrogens is 676 g/mol. The van der Waals surface area contributed by atoms with E-state index in [-0.39, 0.29) is 22.2 Å². The summed E-state index contributed by atoms with van der Waals surface area (Å²) in [5.41, 5.74) is 6.38. The normalized spacial score (nSPS) is 11.1. The van der Waals surface area contributed by atoms with Gasteiger partial charge in [0.15, 0.2) is 11.5 Å². The Labute approximate surface area is 259 Å². The first kappa shape index (κ1) is 28.7. The molecule has 5 aromatic rings. The number of esters is 1. The van der Waals surface area contributed by atoms with Crippen LogP contribution in [-0.2, 0) is 0 Å². The minimum absolute atomic E-state index is 0.174. The van der Waals surface area contributed by atoms with Gasteiger partial charge in [-0.25, -0.2) is 10.2 Å². The van der Waals surface area contributed by atoms with E-state index in [4.69, 9.17) is 32.7 Å². The van der Waals surface area contributed by atoms with E-state index in [1.54, 1.807) is 24.3 Å². The first-order valence-electron chi connectivity index (χ1n) is 12.5. The smallest absolute Gasteiger partial charge is 0.345 e. The number of hydrazone groups is 1. The molecule has 0 atom stereocenters. The molecule has 41 heavy (non-hydrogen) atoms. The Balaban J connectivity index is 1.36. The molecule has 0 aliphatic heterocycles. The quantitative estimate of drug-likeness (QED) is 0.0563. The summed E-state index contributed by atoms with van der Waals surface area (Å²) in [5, 5.41) is 5.70. The van der Waals surface area contributed by atoms with Gasteiger partial charge in [0.1, 0.15) is 5.69 Å². The van der Waals surface area contributed by atoms with Crippen LogP contribution in [0.3, 0.4) is 0 Å². The van der Waals surface area contributed by atoms with Crippen LogP contribution in [0.5, 0.6) is 11.5 Å². The molecule has 1 aromatic heterocycles. The number of ether oxygens (including phenoxy) is 2. The van der Waals surface area contributed by atoms with E-state index < -0.39 is 5.97 Å². The number of fused-ring (bicyclic) bond motifs is 1. The predicted octanol–water partition coefficient (Wildman–Crippen LogP) is 8.13. The van der Waals surface area contributed by atoms with Gasteiger partial charge < -0.3 is 14.5 Å². The van der Waals surface area contributed by atoms with Crippen molar-refractivity contribution in [2.75, 3.05) is 6.61 Å². The lowest BCUT2D eigenvalue weighted by Gasteiger charge is -2.12. The lowest BCUT2D eigenvalue weighted by molar-refractivity contribution is 0.0728. The molecule has 2 N–H and O–H groups in total. The molecule has 1 amide bonds. The van der Waals surface area contributed by atoms with Gasteiger partial charge in [-0.05, 0) is 95.2 Å². The summed E-state index contributed by atoms with van der Waals surface area (Å²) in [4.78, 5) is 29.2. The van der Waals surface area contributed by atoms with Crippen LogP contribution in [0.1, 0.15) is 33.3 Å². The van der Waals surface area contributed by atoms with E-state index in [1.165, 1.54) is 18.3 Å². The van der Waals surface area contributed by atoms with Crippen molar-refractivity contribution in [3.8, 4) is 22.6 Å². The zero-order valence-electron chi connectivity index (χ0n) is 21.6. The van der Waals surface area contributed by atoms with Gasteiger partial charge in [0.25, 0.3) is 5.91 Å². The third kappa shape index (κ3) is 6.56. The number of hydrogen-bond donors (Lipinski definition) is 2. The number of nitrogens with one attached hydrogen (secondary N) is 2. The molecule has 4 aromatic carbocycles. The number of nitrogens with zero attached hydrogens (tertiary/aromatic N) is 1. The SMILES string of the molecule is CCOc1cc(C=NNC(=O)c2[nH]c3ccc(I)cc3c2-c2ccccc2)ccc1OC(=O)c1ccc(Cl)cc1Cl. The second kappa shape index (κ2) is 12.8. The molecule has 7 nitrogen and oxygen atoms in total. The van der Waals surface area contributed by atoms with Crippen molar-refractivity contribution in [1.82, 2.24) is 10.4 Å². The van der Waals surface area contributed by atoms with Gasteiger partial charge in [0.2, 0.25) is 0 Å². The van der Waals surface area contributed by atoms with Gasteiger partial charge in [-0.15, -0.1) is 0 Å². The Kier molecular flexibility index (Phi) is 8.92. The summed E-state index contributed by atoms with van der Waals surface area (Å²) >= 11 is 14.3. The highest BCUT2D eigenvalue weighted by Crippen LogP contribution is 2.34. The van der Waals surface area contributed by atoms with Crippen molar-refractivity contribution < 1.29 is 19.1 Å². The summed E-state index contributed by atoms with van der Waals surface area (Å²) < 4.78 is 12.3. The molecule has 0 aliphatic rings. The van der Waals surface area contributed by atoms with E-state index in [1.807, 2.05) is 55.5 Å². The lowest BCUT2D eigenvalue weighted by atomic mass is 10.0. The van der Waals surface area contributed by atoms with Gasteiger partial charge in [-0.1, -0.05) is 53.5 Å². The fourth-order valence-corrected chi connectivity index (χ4v) is 5.20. The maximum atomic E-state index is 13.3. The number of amides is 1. The number of aromatic nitrogens is 1. The lowest BCUT2D eigenvalue weighted by Crippen LogP contribution is -2.18. The average Bonchev–Trinajstić information content (AvgIpc) is 3.33. The largest absolute Gasteiger partial charge is 0.490 e.